The lowest BCUT2D eigenvalue weighted by Gasteiger charge is -2.01. The molecule has 0 fully saturated rings. The standard InChI is InChI=1S/C14H12O2S3/c1-2-16-14(15)12-9-18-13(19-12)8-11(17)10-6-4-3-5-7-10/h3-9H,2H2,1H3/b13-8-. The second-order valence-corrected chi connectivity index (χ2v) is 6.31. The third-order valence-corrected chi connectivity index (χ3v) is 4.85. The molecular formula is C14H12O2S3. The Balaban J connectivity index is 2.01. The van der Waals surface area contributed by atoms with Gasteiger partial charge in [-0.3, -0.25) is 0 Å². The van der Waals surface area contributed by atoms with E-state index in [9.17, 15) is 4.79 Å². The summed E-state index contributed by atoms with van der Waals surface area (Å²) < 4.78 is 5.96. The van der Waals surface area contributed by atoms with E-state index in [1.165, 1.54) is 23.5 Å². The fourth-order valence-corrected chi connectivity index (χ4v) is 3.80. The molecule has 0 saturated carbocycles. The number of allylic oxidation sites excluding steroid dienone is 1. The molecule has 0 N–H and O–H groups in total. The van der Waals surface area contributed by atoms with Crippen LogP contribution in [0.3, 0.4) is 0 Å². The van der Waals surface area contributed by atoms with E-state index >= 15 is 0 Å². The Morgan fingerprint density at radius 3 is 2.79 bits per heavy atom. The SMILES string of the molecule is CCOC(=O)C1=CS/C(=C/C(=S)c2ccccc2)S1. The van der Waals surface area contributed by atoms with Crippen LogP contribution >= 0.6 is 35.7 Å². The maximum Gasteiger partial charge on any atom is 0.345 e. The van der Waals surface area contributed by atoms with Crippen molar-refractivity contribution in [2.24, 2.45) is 0 Å². The first-order valence-electron chi connectivity index (χ1n) is 5.73. The van der Waals surface area contributed by atoms with E-state index in [-0.39, 0.29) is 5.97 Å². The lowest BCUT2D eigenvalue weighted by molar-refractivity contribution is -0.137. The lowest BCUT2D eigenvalue weighted by Crippen LogP contribution is -2.03. The molecule has 0 aromatic heterocycles. The quantitative estimate of drug-likeness (QED) is 0.361. The van der Waals surface area contributed by atoms with Crippen LogP contribution in [0.15, 0.2) is 51.0 Å². The molecule has 0 radical (unpaired) electrons. The molecule has 1 aromatic rings. The van der Waals surface area contributed by atoms with Crippen molar-refractivity contribution in [3.8, 4) is 0 Å². The van der Waals surface area contributed by atoms with Gasteiger partial charge in [-0.05, 0) is 24.0 Å². The van der Waals surface area contributed by atoms with Crippen molar-refractivity contribution in [1.82, 2.24) is 0 Å². The largest absolute Gasteiger partial charge is 0.462 e. The Hall–Kier alpha value is -1.04. The molecule has 5 heteroatoms. The molecule has 1 aliphatic heterocycles. The number of carbonyl (C=O) groups excluding carboxylic acids is 1. The molecule has 0 atom stereocenters. The van der Waals surface area contributed by atoms with Crippen LogP contribution in [0.5, 0.6) is 0 Å². The highest BCUT2D eigenvalue weighted by Gasteiger charge is 2.20. The highest BCUT2D eigenvalue weighted by atomic mass is 32.2. The van der Waals surface area contributed by atoms with Crippen molar-refractivity contribution < 1.29 is 9.53 Å². The van der Waals surface area contributed by atoms with Crippen LogP contribution in [0.1, 0.15) is 12.5 Å². The summed E-state index contributed by atoms with van der Waals surface area (Å²) in [6, 6.07) is 9.82. The maximum absolute atomic E-state index is 11.6. The Labute approximate surface area is 126 Å². The summed E-state index contributed by atoms with van der Waals surface area (Å²) in [5.41, 5.74) is 1.01. The number of ether oxygens (including phenoxy) is 1. The first kappa shape index (κ1) is 14.4. The van der Waals surface area contributed by atoms with Gasteiger partial charge in [0.25, 0.3) is 0 Å². The fourth-order valence-electron chi connectivity index (χ4n) is 1.42. The third kappa shape index (κ3) is 3.96. The molecule has 0 bridgehead atoms. The molecule has 1 heterocycles. The number of carbonyl (C=O) groups is 1. The minimum absolute atomic E-state index is 0.269. The van der Waals surface area contributed by atoms with Crippen LogP contribution in [0.4, 0.5) is 0 Å². The van der Waals surface area contributed by atoms with Gasteiger partial charge >= 0.3 is 5.97 Å². The van der Waals surface area contributed by atoms with E-state index in [0.717, 1.165) is 14.7 Å². The summed E-state index contributed by atoms with van der Waals surface area (Å²) in [4.78, 5) is 13.0. The van der Waals surface area contributed by atoms with Gasteiger partial charge in [0, 0.05) is 4.86 Å². The average molecular weight is 308 g/mol. The average Bonchev–Trinajstić information content (AvgIpc) is 2.88. The number of hydrogen-bond donors (Lipinski definition) is 0. The summed E-state index contributed by atoms with van der Waals surface area (Å²) in [6.07, 6.45) is 1.92. The number of thiocarbonyl (C=S) groups is 1. The van der Waals surface area contributed by atoms with Crippen molar-refractivity contribution in [2.75, 3.05) is 6.61 Å². The van der Waals surface area contributed by atoms with E-state index in [4.69, 9.17) is 17.0 Å². The number of hydrogen-bond acceptors (Lipinski definition) is 5. The first-order chi connectivity index (χ1) is 9.20. The summed E-state index contributed by atoms with van der Waals surface area (Å²) >= 11 is 8.28. The molecule has 2 rings (SSSR count). The summed E-state index contributed by atoms with van der Waals surface area (Å²) in [5.74, 6) is -0.269. The predicted octanol–water partition coefficient (Wildman–Crippen LogP) is 4.13. The molecular weight excluding hydrogens is 296 g/mol. The van der Waals surface area contributed by atoms with E-state index in [1.54, 1.807) is 6.92 Å². The Kier molecular flexibility index (Phi) is 5.24. The second kappa shape index (κ2) is 6.93. The molecule has 1 aromatic carbocycles. The number of rotatable bonds is 4. The van der Waals surface area contributed by atoms with Crippen molar-refractivity contribution in [2.45, 2.75) is 6.92 Å². The van der Waals surface area contributed by atoms with Gasteiger partial charge in [-0.2, -0.15) is 0 Å². The van der Waals surface area contributed by atoms with E-state index < -0.39 is 0 Å². The second-order valence-electron chi connectivity index (χ2n) is 3.62. The summed E-state index contributed by atoms with van der Waals surface area (Å²) in [6.45, 7) is 2.19. The fraction of sp³-hybridized carbons (Fsp3) is 0.143. The van der Waals surface area contributed by atoms with Crippen LogP contribution in [0.2, 0.25) is 0 Å². The van der Waals surface area contributed by atoms with E-state index in [0.29, 0.717) is 11.5 Å². The molecule has 0 saturated heterocycles. The highest BCUT2D eigenvalue weighted by molar-refractivity contribution is 8.28. The maximum atomic E-state index is 11.6. The summed E-state index contributed by atoms with van der Waals surface area (Å²) in [5, 5.41) is 1.81. The van der Waals surface area contributed by atoms with Gasteiger partial charge in [0.15, 0.2) is 0 Å². The van der Waals surface area contributed by atoms with E-state index in [1.807, 2.05) is 41.8 Å². The zero-order valence-electron chi connectivity index (χ0n) is 10.3. The zero-order chi connectivity index (χ0) is 13.7. The minimum Gasteiger partial charge on any atom is -0.462 e. The molecule has 0 unspecified atom stereocenters. The number of esters is 1. The molecule has 0 spiro atoms. The van der Waals surface area contributed by atoms with Gasteiger partial charge < -0.3 is 4.74 Å². The van der Waals surface area contributed by atoms with Gasteiger partial charge in [-0.25, -0.2) is 4.79 Å². The molecule has 1 aliphatic rings. The molecule has 0 amide bonds. The number of thioether (sulfide) groups is 2. The molecule has 2 nitrogen and oxygen atoms in total. The first-order valence-corrected chi connectivity index (χ1v) is 7.84. The highest BCUT2D eigenvalue weighted by Crippen LogP contribution is 2.44. The van der Waals surface area contributed by atoms with Gasteiger partial charge in [0.1, 0.15) is 4.91 Å². The van der Waals surface area contributed by atoms with Crippen LogP contribution in [-0.4, -0.2) is 17.4 Å². The van der Waals surface area contributed by atoms with Crippen molar-refractivity contribution in [1.29, 1.82) is 0 Å². The van der Waals surface area contributed by atoms with Crippen molar-refractivity contribution >= 4 is 46.6 Å². The molecule has 19 heavy (non-hydrogen) atoms. The smallest absolute Gasteiger partial charge is 0.345 e. The summed E-state index contributed by atoms with van der Waals surface area (Å²) in [7, 11) is 0. The van der Waals surface area contributed by atoms with Crippen LogP contribution < -0.4 is 0 Å². The third-order valence-electron chi connectivity index (χ3n) is 2.28. The van der Waals surface area contributed by atoms with E-state index in [2.05, 4.69) is 0 Å². The van der Waals surface area contributed by atoms with Crippen molar-refractivity contribution in [3.63, 3.8) is 0 Å². The predicted molar refractivity (Wildman–Crippen MR) is 86.1 cm³/mol. The van der Waals surface area contributed by atoms with Gasteiger partial charge in [0.2, 0.25) is 0 Å². The topological polar surface area (TPSA) is 26.3 Å². The van der Waals surface area contributed by atoms with Gasteiger partial charge in [-0.15, -0.1) is 0 Å². The van der Waals surface area contributed by atoms with Crippen molar-refractivity contribution in [3.05, 3.63) is 56.5 Å². The Bertz CT molecular complexity index is 547. The Morgan fingerprint density at radius 1 is 1.37 bits per heavy atom. The zero-order valence-corrected chi connectivity index (χ0v) is 12.7. The number of benzene rings is 1. The molecule has 98 valence electrons. The van der Waals surface area contributed by atoms with Crippen LogP contribution in [0.25, 0.3) is 0 Å². The van der Waals surface area contributed by atoms with Gasteiger partial charge in [0.05, 0.1) is 10.8 Å². The minimum atomic E-state index is -0.269. The van der Waals surface area contributed by atoms with Crippen LogP contribution in [0, 0.1) is 0 Å². The Morgan fingerprint density at radius 2 is 2.11 bits per heavy atom. The molecule has 0 aliphatic carbocycles. The monoisotopic (exact) mass is 308 g/mol. The van der Waals surface area contributed by atoms with Gasteiger partial charge in [-0.1, -0.05) is 66.1 Å². The normalized spacial score (nSPS) is 16.3. The lowest BCUT2D eigenvalue weighted by atomic mass is 10.1. The van der Waals surface area contributed by atoms with Crippen LogP contribution in [-0.2, 0) is 9.53 Å².